The Bertz CT molecular complexity index is 1130. The van der Waals surface area contributed by atoms with Crippen LogP contribution >= 0.6 is 0 Å². The van der Waals surface area contributed by atoms with Gasteiger partial charge in [0, 0.05) is 12.0 Å². The quantitative estimate of drug-likeness (QED) is 0.385. The number of hydrogen-bond acceptors (Lipinski definition) is 5. The number of nitrogens with zero attached hydrogens (tertiary/aromatic N) is 1. The topological polar surface area (TPSA) is 91.2 Å². The van der Waals surface area contributed by atoms with E-state index in [-0.39, 0.29) is 29.1 Å². The van der Waals surface area contributed by atoms with E-state index in [0.717, 1.165) is 62.6 Å². The van der Waals surface area contributed by atoms with E-state index < -0.39 is 5.60 Å². The Hall–Kier alpha value is -2.78. The van der Waals surface area contributed by atoms with Crippen LogP contribution in [0.2, 0.25) is 0 Å². The van der Waals surface area contributed by atoms with Crippen molar-refractivity contribution in [2.75, 3.05) is 13.2 Å². The van der Waals surface area contributed by atoms with Crippen LogP contribution in [0.25, 0.3) is 0 Å². The van der Waals surface area contributed by atoms with Crippen molar-refractivity contribution in [3.63, 3.8) is 0 Å². The number of rotatable bonds is 6. The van der Waals surface area contributed by atoms with Gasteiger partial charge in [-0.15, -0.1) is 6.42 Å². The molecule has 3 saturated carbocycles. The summed E-state index contributed by atoms with van der Waals surface area (Å²) >= 11 is 0. The average Bonchev–Trinajstić information content (AvgIpc) is 3.16. The number of carbonyl (C=O) groups excluding carboxylic acids is 1. The van der Waals surface area contributed by atoms with Crippen molar-refractivity contribution in [3.05, 3.63) is 41.5 Å². The second kappa shape index (κ2) is 9.83. The Balaban J connectivity index is 1.16. The Morgan fingerprint density at radius 1 is 1.14 bits per heavy atom. The third-order valence-corrected chi connectivity index (χ3v) is 10.4. The highest BCUT2D eigenvalue weighted by Gasteiger charge is 2.63. The van der Waals surface area contributed by atoms with Crippen LogP contribution in [0.5, 0.6) is 5.75 Å². The molecule has 0 saturated heterocycles. The number of allylic oxidation sites excluding steroid dienone is 2. The fourth-order valence-electron chi connectivity index (χ4n) is 8.13. The molecule has 4 aliphatic rings. The van der Waals surface area contributed by atoms with Crippen LogP contribution in [-0.2, 0) is 16.1 Å². The lowest BCUT2D eigenvalue weighted by molar-refractivity contribution is -0.125. The molecule has 0 radical (unpaired) electrons. The predicted octanol–water partition coefficient (Wildman–Crippen LogP) is 4.75. The number of hydrogen-bond donors (Lipinski definition) is 3. The van der Waals surface area contributed by atoms with Crippen LogP contribution < -0.4 is 5.32 Å². The molecule has 3 N–H and O–H groups in total. The van der Waals surface area contributed by atoms with Gasteiger partial charge in [-0.2, -0.15) is 0 Å². The molecule has 0 spiro atoms. The van der Waals surface area contributed by atoms with Crippen LogP contribution in [0.15, 0.2) is 41.1 Å². The lowest BCUT2D eigenvalue weighted by Crippen LogP contribution is -2.54. The normalized spacial score (nSPS) is 37.5. The van der Waals surface area contributed by atoms with Gasteiger partial charge in [-0.3, -0.25) is 4.79 Å². The molecule has 6 heteroatoms. The minimum absolute atomic E-state index is 0.0947. The van der Waals surface area contributed by atoms with Crippen molar-refractivity contribution in [3.8, 4) is 18.1 Å². The fraction of sp³-hybridized carbons (Fsp3) is 0.613. The predicted molar refractivity (Wildman–Crippen MR) is 144 cm³/mol. The van der Waals surface area contributed by atoms with Gasteiger partial charge < -0.3 is 20.4 Å². The molecule has 198 valence electrons. The molecule has 0 aliphatic heterocycles. The van der Waals surface area contributed by atoms with E-state index in [0.29, 0.717) is 30.7 Å². The summed E-state index contributed by atoms with van der Waals surface area (Å²) in [5, 5.41) is 27.7. The number of aromatic hydroxyl groups is 1. The van der Waals surface area contributed by atoms with E-state index in [9.17, 15) is 15.0 Å². The van der Waals surface area contributed by atoms with Gasteiger partial charge in [-0.1, -0.05) is 42.6 Å². The Morgan fingerprint density at radius 3 is 2.65 bits per heavy atom. The first-order valence-electron chi connectivity index (χ1n) is 13.8. The molecule has 6 atom stereocenters. The highest BCUT2D eigenvalue weighted by molar-refractivity contribution is 5.96. The highest BCUT2D eigenvalue weighted by atomic mass is 16.6. The second-order valence-corrected chi connectivity index (χ2v) is 12.1. The average molecular weight is 505 g/mol. The minimum atomic E-state index is -0.957. The molecule has 0 heterocycles. The van der Waals surface area contributed by atoms with Crippen molar-refractivity contribution < 1.29 is 19.8 Å². The first-order chi connectivity index (χ1) is 17.7. The molecule has 37 heavy (non-hydrogen) atoms. The highest BCUT2D eigenvalue weighted by Crippen LogP contribution is 2.67. The van der Waals surface area contributed by atoms with Crippen LogP contribution in [-0.4, -0.2) is 40.6 Å². The molecule has 0 aromatic heterocycles. The third-order valence-electron chi connectivity index (χ3n) is 10.4. The van der Waals surface area contributed by atoms with Gasteiger partial charge in [0.2, 0.25) is 0 Å². The number of terminal acetylenes is 1. The lowest BCUT2D eigenvalue weighted by Gasteiger charge is -2.58. The van der Waals surface area contributed by atoms with E-state index in [2.05, 4.69) is 36.3 Å². The van der Waals surface area contributed by atoms with Gasteiger partial charge in [0.05, 0.1) is 5.71 Å². The Morgan fingerprint density at radius 2 is 1.89 bits per heavy atom. The number of phenols is 1. The summed E-state index contributed by atoms with van der Waals surface area (Å²) in [4.78, 5) is 17.6. The number of fused-ring (bicyclic) bond motifs is 5. The van der Waals surface area contributed by atoms with E-state index in [1.165, 1.54) is 5.57 Å². The van der Waals surface area contributed by atoms with E-state index in [1.54, 1.807) is 12.1 Å². The Kier molecular flexibility index (Phi) is 6.87. The maximum absolute atomic E-state index is 12.2. The molecule has 5 rings (SSSR count). The van der Waals surface area contributed by atoms with Gasteiger partial charge >= 0.3 is 0 Å². The SMILES string of the molecule is C#C[C@@]1(O)CC[C@@H]2[C@H]3CCC4=C/C(=N/OCC(=O)NCCc5ccc(O)cc5)CC[C@]4(C)[C@H]3CC[C@@]21C. The molecule has 1 amide bonds. The molecule has 3 fully saturated rings. The molecule has 0 bridgehead atoms. The van der Waals surface area contributed by atoms with Gasteiger partial charge in [-0.25, -0.2) is 0 Å². The first kappa shape index (κ1) is 25.9. The maximum atomic E-state index is 12.2. The summed E-state index contributed by atoms with van der Waals surface area (Å²) in [6, 6.07) is 6.98. The van der Waals surface area contributed by atoms with E-state index in [4.69, 9.17) is 11.3 Å². The van der Waals surface area contributed by atoms with Gasteiger partial charge in [0.25, 0.3) is 5.91 Å². The number of nitrogens with one attached hydrogen (secondary N) is 1. The molecule has 1 aromatic carbocycles. The molecular weight excluding hydrogens is 464 g/mol. The lowest BCUT2D eigenvalue weighted by atomic mass is 9.46. The minimum Gasteiger partial charge on any atom is -0.508 e. The zero-order valence-electron chi connectivity index (χ0n) is 22.1. The van der Waals surface area contributed by atoms with Gasteiger partial charge in [0.15, 0.2) is 6.61 Å². The van der Waals surface area contributed by atoms with Crippen LogP contribution in [0, 0.1) is 40.9 Å². The van der Waals surface area contributed by atoms with Crippen molar-refractivity contribution in [2.45, 2.75) is 77.2 Å². The molecule has 0 unspecified atom stereocenters. The van der Waals surface area contributed by atoms with Crippen molar-refractivity contribution >= 4 is 11.6 Å². The Labute approximate surface area is 220 Å². The summed E-state index contributed by atoms with van der Waals surface area (Å²) < 4.78 is 0. The summed E-state index contributed by atoms with van der Waals surface area (Å²) in [7, 11) is 0. The van der Waals surface area contributed by atoms with E-state index in [1.807, 2.05) is 12.1 Å². The second-order valence-electron chi connectivity index (χ2n) is 12.1. The fourth-order valence-corrected chi connectivity index (χ4v) is 8.13. The first-order valence-corrected chi connectivity index (χ1v) is 13.8. The zero-order chi connectivity index (χ0) is 26.3. The number of phenolic OH excluding ortho intramolecular Hbond substituents is 1. The number of aliphatic hydroxyl groups is 1. The molecule has 4 aliphatic carbocycles. The third kappa shape index (κ3) is 4.56. The van der Waals surface area contributed by atoms with Gasteiger partial charge in [0.1, 0.15) is 11.4 Å². The maximum Gasteiger partial charge on any atom is 0.260 e. The number of benzene rings is 1. The van der Waals surface area contributed by atoms with Crippen molar-refractivity contribution in [1.29, 1.82) is 0 Å². The van der Waals surface area contributed by atoms with Crippen molar-refractivity contribution in [1.82, 2.24) is 5.32 Å². The largest absolute Gasteiger partial charge is 0.508 e. The monoisotopic (exact) mass is 504 g/mol. The standard InChI is InChI=1S/C31H40N2O4/c1-4-31(36)17-13-27-25-10-7-22-19-23(11-15-29(22,2)26(25)12-16-30(27,31)3)33-37-20-28(35)32-18-14-21-5-8-24(34)9-6-21/h1,5-6,8-9,19,25-27,34,36H,7,10-18,20H2,2-3H3,(H,32,35)/b33-23+/t25-,26-,27+,29-,30-,31+/m0/s1. The number of amides is 1. The van der Waals surface area contributed by atoms with Crippen LogP contribution in [0.1, 0.15) is 70.8 Å². The van der Waals surface area contributed by atoms with Crippen molar-refractivity contribution in [2.24, 2.45) is 33.7 Å². The molecular formula is C31H40N2O4. The summed E-state index contributed by atoms with van der Waals surface area (Å²) in [5.41, 5.74) is 2.47. The summed E-state index contributed by atoms with van der Waals surface area (Å²) in [6.45, 7) is 5.08. The van der Waals surface area contributed by atoms with Gasteiger partial charge in [-0.05, 0) is 105 Å². The number of carbonyl (C=O) groups is 1. The van der Waals surface area contributed by atoms with E-state index >= 15 is 0 Å². The molecule has 1 aromatic rings. The van der Waals surface area contributed by atoms with Crippen LogP contribution in [0.3, 0.4) is 0 Å². The zero-order valence-corrected chi connectivity index (χ0v) is 22.1. The smallest absolute Gasteiger partial charge is 0.260 e. The summed E-state index contributed by atoms with van der Waals surface area (Å²) in [5.74, 6) is 4.55. The summed E-state index contributed by atoms with van der Waals surface area (Å²) in [6.07, 6.45) is 16.7. The van der Waals surface area contributed by atoms with Crippen LogP contribution in [0.4, 0.5) is 0 Å². The molecule has 6 nitrogen and oxygen atoms in total. The number of oxime groups is 1.